The van der Waals surface area contributed by atoms with Crippen molar-refractivity contribution in [3.05, 3.63) is 0 Å². The van der Waals surface area contributed by atoms with Crippen LogP contribution in [-0.2, 0) is 14.3 Å². The second-order valence-electron chi connectivity index (χ2n) is 3.10. The normalized spacial score (nSPS) is 27.5. The van der Waals surface area contributed by atoms with Crippen LogP contribution in [0.3, 0.4) is 0 Å². The van der Waals surface area contributed by atoms with E-state index in [0.29, 0.717) is 0 Å². The van der Waals surface area contributed by atoms with Crippen LogP contribution in [0.5, 0.6) is 0 Å². The van der Waals surface area contributed by atoms with Gasteiger partial charge in [-0.3, -0.25) is 4.79 Å². The molecule has 0 saturated carbocycles. The lowest BCUT2D eigenvalue weighted by atomic mass is 10.2. The van der Waals surface area contributed by atoms with Crippen LogP contribution in [0.1, 0.15) is 13.3 Å². The lowest BCUT2D eigenvalue weighted by Crippen LogP contribution is -2.39. The van der Waals surface area contributed by atoms with Crippen LogP contribution in [0.25, 0.3) is 0 Å². The zero-order valence-electron chi connectivity index (χ0n) is 7.69. The molecule has 1 fully saturated rings. The van der Waals surface area contributed by atoms with Gasteiger partial charge < -0.3 is 14.7 Å². The Morgan fingerprint density at radius 3 is 2.62 bits per heavy atom. The Morgan fingerprint density at radius 1 is 1.54 bits per heavy atom. The molecule has 0 spiro atoms. The van der Waals surface area contributed by atoms with E-state index in [-0.39, 0.29) is 18.9 Å². The Bertz CT molecular complexity index is 228. The maximum Gasteiger partial charge on any atom is 0.328 e. The van der Waals surface area contributed by atoms with Crippen LogP contribution in [-0.4, -0.2) is 47.7 Å². The third-order valence-electron chi connectivity index (χ3n) is 2.16. The lowest BCUT2D eigenvalue weighted by Gasteiger charge is -2.20. The molecule has 0 radical (unpaired) electrons. The number of methoxy groups -OCH3 is 1. The molecule has 1 heterocycles. The van der Waals surface area contributed by atoms with E-state index in [4.69, 9.17) is 0 Å². The van der Waals surface area contributed by atoms with Crippen LogP contribution in [0, 0.1) is 0 Å². The molecule has 74 valence electrons. The molecule has 1 saturated heterocycles. The Kier molecular flexibility index (Phi) is 2.87. The standard InChI is InChI=1S/C8H13NO4/c1-5(10)9-4-6(11)3-7(9)8(12)13-2/h6-7,11H,3-4H2,1-2H3/t6?,7-/m0/s1. The van der Waals surface area contributed by atoms with E-state index in [2.05, 4.69) is 4.74 Å². The minimum atomic E-state index is -0.618. The predicted octanol–water partition coefficient (Wildman–Crippen LogP) is -0.859. The van der Waals surface area contributed by atoms with Crippen molar-refractivity contribution in [2.75, 3.05) is 13.7 Å². The molecule has 1 aliphatic rings. The van der Waals surface area contributed by atoms with Crippen molar-refractivity contribution in [1.29, 1.82) is 0 Å². The van der Waals surface area contributed by atoms with Crippen molar-refractivity contribution >= 4 is 11.9 Å². The summed E-state index contributed by atoms with van der Waals surface area (Å²) in [7, 11) is 1.27. The van der Waals surface area contributed by atoms with Crippen LogP contribution < -0.4 is 0 Å². The van der Waals surface area contributed by atoms with E-state index in [1.54, 1.807) is 0 Å². The lowest BCUT2D eigenvalue weighted by molar-refractivity contribution is -0.150. The molecule has 13 heavy (non-hydrogen) atoms. The molecule has 2 atom stereocenters. The van der Waals surface area contributed by atoms with Gasteiger partial charge in [-0.2, -0.15) is 0 Å². The number of carbonyl (C=O) groups excluding carboxylic acids is 2. The van der Waals surface area contributed by atoms with Crippen LogP contribution >= 0.6 is 0 Å². The minimum Gasteiger partial charge on any atom is -0.467 e. The van der Waals surface area contributed by atoms with Gasteiger partial charge in [0.15, 0.2) is 0 Å². The van der Waals surface area contributed by atoms with Gasteiger partial charge in [-0.1, -0.05) is 0 Å². The van der Waals surface area contributed by atoms with Gasteiger partial charge in [0, 0.05) is 19.9 Å². The molecule has 0 aromatic heterocycles. The van der Waals surface area contributed by atoms with E-state index >= 15 is 0 Å². The maximum absolute atomic E-state index is 11.1. The molecule has 0 aromatic carbocycles. The van der Waals surface area contributed by atoms with Gasteiger partial charge in [0.25, 0.3) is 0 Å². The van der Waals surface area contributed by atoms with E-state index in [1.807, 2.05) is 0 Å². The predicted molar refractivity (Wildman–Crippen MR) is 43.8 cm³/mol. The zero-order valence-corrected chi connectivity index (χ0v) is 7.69. The van der Waals surface area contributed by atoms with Gasteiger partial charge in [-0.15, -0.1) is 0 Å². The Labute approximate surface area is 76.3 Å². The zero-order chi connectivity index (χ0) is 10.0. The molecule has 1 aliphatic heterocycles. The topological polar surface area (TPSA) is 66.8 Å². The number of likely N-dealkylation sites (tertiary alicyclic amines) is 1. The summed E-state index contributed by atoms with van der Waals surface area (Å²) >= 11 is 0. The van der Waals surface area contributed by atoms with E-state index in [1.165, 1.54) is 18.9 Å². The number of β-amino-alcohol motifs (C(OH)–C–C–N with tert-alkyl or cyclic N) is 1. The summed E-state index contributed by atoms with van der Waals surface area (Å²) in [6.45, 7) is 1.59. The van der Waals surface area contributed by atoms with Gasteiger partial charge in [0.05, 0.1) is 13.2 Å². The largest absolute Gasteiger partial charge is 0.467 e. The molecule has 5 heteroatoms. The fraction of sp³-hybridized carbons (Fsp3) is 0.750. The molecule has 1 unspecified atom stereocenters. The van der Waals surface area contributed by atoms with Crippen molar-refractivity contribution in [2.24, 2.45) is 0 Å². The molecule has 1 amide bonds. The second-order valence-corrected chi connectivity index (χ2v) is 3.10. The fourth-order valence-electron chi connectivity index (χ4n) is 1.52. The average molecular weight is 187 g/mol. The number of rotatable bonds is 1. The number of aliphatic hydroxyl groups excluding tert-OH is 1. The first-order valence-corrected chi connectivity index (χ1v) is 4.09. The van der Waals surface area contributed by atoms with Crippen LogP contribution in [0.15, 0.2) is 0 Å². The highest BCUT2D eigenvalue weighted by atomic mass is 16.5. The first kappa shape index (κ1) is 9.98. The summed E-state index contributed by atoms with van der Waals surface area (Å²) in [4.78, 5) is 23.5. The summed E-state index contributed by atoms with van der Waals surface area (Å²) in [6.07, 6.45) is -0.347. The number of nitrogens with zero attached hydrogens (tertiary/aromatic N) is 1. The number of hydrogen-bond acceptors (Lipinski definition) is 4. The summed E-state index contributed by atoms with van der Waals surface area (Å²) in [5, 5.41) is 9.26. The first-order valence-electron chi connectivity index (χ1n) is 4.09. The van der Waals surface area contributed by atoms with Crippen molar-refractivity contribution in [2.45, 2.75) is 25.5 Å². The summed E-state index contributed by atoms with van der Waals surface area (Å²) < 4.78 is 4.52. The highest BCUT2D eigenvalue weighted by molar-refractivity contribution is 5.84. The smallest absolute Gasteiger partial charge is 0.328 e. The molecule has 1 N–H and O–H groups in total. The minimum absolute atomic E-state index is 0.216. The van der Waals surface area contributed by atoms with Gasteiger partial charge in [-0.05, 0) is 0 Å². The summed E-state index contributed by atoms with van der Waals surface area (Å²) in [5.41, 5.74) is 0. The van der Waals surface area contributed by atoms with Crippen molar-refractivity contribution in [1.82, 2.24) is 4.90 Å². The van der Waals surface area contributed by atoms with Gasteiger partial charge in [0.2, 0.25) is 5.91 Å². The summed E-state index contributed by atoms with van der Waals surface area (Å²) in [6, 6.07) is -0.613. The van der Waals surface area contributed by atoms with Gasteiger partial charge >= 0.3 is 5.97 Å². The number of hydrogen-bond donors (Lipinski definition) is 1. The quantitative estimate of drug-likeness (QED) is 0.542. The third kappa shape index (κ3) is 1.98. The molecule has 5 nitrogen and oxygen atoms in total. The van der Waals surface area contributed by atoms with Crippen molar-refractivity contribution < 1.29 is 19.4 Å². The van der Waals surface area contributed by atoms with Crippen LogP contribution in [0.2, 0.25) is 0 Å². The monoisotopic (exact) mass is 187 g/mol. The molecular weight excluding hydrogens is 174 g/mol. The third-order valence-corrected chi connectivity index (χ3v) is 2.16. The first-order chi connectivity index (χ1) is 6.06. The number of esters is 1. The average Bonchev–Trinajstić information content (AvgIpc) is 2.46. The molecule has 0 aromatic rings. The molecule has 1 rings (SSSR count). The number of ether oxygens (including phenoxy) is 1. The van der Waals surface area contributed by atoms with E-state index < -0.39 is 18.1 Å². The Morgan fingerprint density at radius 2 is 2.15 bits per heavy atom. The maximum atomic E-state index is 11.1. The SMILES string of the molecule is COC(=O)[C@@H]1CC(O)CN1C(C)=O. The van der Waals surface area contributed by atoms with Crippen molar-refractivity contribution in [3.63, 3.8) is 0 Å². The van der Waals surface area contributed by atoms with Gasteiger partial charge in [0.1, 0.15) is 6.04 Å². The Hall–Kier alpha value is -1.10. The fourth-order valence-corrected chi connectivity index (χ4v) is 1.52. The second kappa shape index (κ2) is 3.74. The highest BCUT2D eigenvalue weighted by Crippen LogP contribution is 2.18. The molecular formula is C8H13NO4. The van der Waals surface area contributed by atoms with E-state index in [0.717, 1.165) is 0 Å². The molecule has 0 aliphatic carbocycles. The molecule has 0 bridgehead atoms. The van der Waals surface area contributed by atoms with E-state index in [9.17, 15) is 14.7 Å². The number of carbonyl (C=O) groups is 2. The van der Waals surface area contributed by atoms with Crippen molar-refractivity contribution in [3.8, 4) is 0 Å². The number of amides is 1. The number of aliphatic hydroxyl groups is 1. The Balaban J connectivity index is 2.71. The van der Waals surface area contributed by atoms with Crippen LogP contribution in [0.4, 0.5) is 0 Å². The highest BCUT2D eigenvalue weighted by Gasteiger charge is 2.37. The van der Waals surface area contributed by atoms with Gasteiger partial charge in [-0.25, -0.2) is 4.79 Å². The summed E-state index contributed by atoms with van der Waals surface area (Å²) in [5.74, 6) is -0.682.